The molecular weight excluding hydrogens is 450 g/mol. The Balaban J connectivity index is 1.55. The third-order valence-electron chi connectivity index (χ3n) is 5.09. The molecule has 34 heavy (non-hydrogen) atoms. The number of anilines is 2. The lowest BCUT2D eigenvalue weighted by Crippen LogP contribution is -2.13. The summed E-state index contributed by atoms with van der Waals surface area (Å²) in [5, 5.41) is 13.3. The van der Waals surface area contributed by atoms with Gasteiger partial charge in [-0.05, 0) is 65.5 Å². The second-order valence-electron chi connectivity index (χ2n) is 7.58. The van der Waals surface area contributed by atoms with Gasteiger partial charge in [-0.3, -0.25) is 4.72 Å². The minimum Gasteiger partial charge on any atom is -0.378 e. The van der Waals surface area contributed by atoms with Crippen molar-refractivity contribution in [3.05, 3.63) is 95.4 Å². The van der Waals surface area contributed by atoms with E-state index in [4.69, 9.17) is 5.53 Å². The van der Waals surface area contributed by atoms with Gasteiger partial charge in [0, 0.05) is 35.8 Å². The molecule has 170 valence electrons. The molecule has 0 heterocycles. The van der Waals surface area contributed by atoms with Crippen molar-refractivity contribution < 1.29 is 8.42 Å². The molecule has 0 fully saturated rings. The Hall–Kier alpha value is -4.40. The van der Waals surface area contributed by atoms with Crippen LogP contribution in [0.4, 0.5) is 28.4 Å². The van der Waals surface area contributed by atoms with Gasteiger partial charge in [-0.1, -0.05) is 35.4 Å². The van der Waals surface area contributed by atoms with Crippen molar-refractivity contribution in [2.75, 3.05) is 23.7 Å². The molecule has 4 aromatic rings. The first-order chi connectivity index (χ1) is 16.4. The van der Waals surface area contributed by atoms with E-state index in [0.29, 0.717) is 33.5 Å². The maximum atomic E-state index is 13.0. The Morgan fingerprint density at radius 2 is 1.38 bits per heavy atom. The summed E-state index contributed by atoms with van der Waals surface area (Å²) in [6.45, 7) is 0. The van der Waals surface area contributed by atoms with Crippen molar-refractivity contribution in [2.45, 2.75) is 4.90 Å². The summed E-state index contributed by atoms with van der Waals surface area (Å²) < 4.78 is 28.6. The summed E-state index contributed by atoms with van der Waals surface area (Å²) in [5.41, 5.74) is 11.9. The molecule has 0 saturated heterocycles. The molecule has 0 unspecified atom stereocenters. The lowest BCUT2D eigenvalue weighted by molar-refractivity contribution is 0.601. The van der Waals surface area contributed by atoms with Gasteiger partial charge in [-0.15, -0.1) is 0 Å². The quantitative estimate of drug-likeness (QED) is 0.176. The lowest BCUT2D eigenvalue weighted by Gasteiger charge is -2.12. The predicted octanol–water partition coefficient (Wildman–Crippen LogP) is 7.06. The molecule has 0 aliphatic rings. The fraction of sp³-hybridized carbons (Fsp3) is 0.0833. The van der Waals surface area contributed by atoms with E-state index in [1.54, 1.807) is 48.5 Å². The summed E-state index contributed by atoms with van der Waals surface area (Å²) in [7, 11) is 0.0632. The van der Waals surface area contributed by atoms with Gasteiger partial charge in [-0.25, -0.2) is 8.42 Å². The number of fused-ring (bicyclic) bond motifs is 1. The first-order valence-corrected chi connectivity index (χ1v) is 11.7. The number of sulfonamides is 1. The van der Waals surface area contributed by atoms with Gasteiger partial charge >= 0.3 is 0 Å². The fourth-order valence-corrected chi connectivity index (χ4v) is 4.43. The zero-order valence-electron chi connectivity index (χ0n) is 18.5. The molecule has 9 nitrogen and oxygen atoms in total. The Kier molecular flexibility index (Phi) is 6.44. The van der Waals surface area contributed by atoms with Gasteiger partial charge in [-0.2, -0.15) is 10.2 Å². The zero-order chi connectivity index (χ0) is 24.1. The summed E-state index contributed by atoms with van der Waals surface area (Å²) in [6, 6.07) is 24.0. The Morgan fingerprint density at radius 1 is 0.794 bits per heavy atom. The lowest BCUT2D eigenvalue weighted by atomic mass is 10.1. The second-order valence-corrected chi connectivity index (χ2v) is 9.26. The monoisotopic (exact) mass is 471 g/mol. The van der Waals surface area contributed by atoms with E-state index >= 15 is 0 Å². The third kappa shape index (κ3) is 4.98. The normalized spacial score (nSPS) is 11.4. The molecule has 0 saturated carbocycles. The molecule has 0 aliphatic heterocycles. The van der Waals surface area contributed by atoms with Crippen LogP contribution in [0.1, 0.15) is 0 Å². The minimum atomic E-state index is -3.86. The number of hydrogen-bond donors (Lipinski definition) is 1. The molecule has 0 bridgehead atoms. The van der Waals surface area contributed by atoms with Crippen LogP contribution in [0.5, 0.6) is 0 Å². The van der Waals surface area contributed by atoms with Crippen molar-refractivity contribution in [1.29, 1.82) is 0 Å². The van der Waals surface area contributed by atoms with Gasteiger partial charge < -0.3 is 4.90 Å². The van der Waals surface area contributed by atoms with Crippen molar-refractivity contribution >= 4 is 49.2 Å². The van der Waals surface area contributed by atoms with Crippen molar-refractivity contribution in [2.24, 2.45) is 15.3 Å². The predicted molar refractivity (Wildman–Crippen MR) is 135 cm³/mol. The van der Waals surface area contributed by atoms with Crippen molar-refractivity contribution in [3.63, 3.8) is 0 Å². The molecule has 10 heteroatoms. The highest BCUT2D eigenvalue weighted by atomic mass is 32.2. The molecule has 1 N–H and O–H groups in total. The van der Waals surface area contributed by atoms with E-state index in [9.17, 15) is 8.42 Å². The van der Waals surface area contributed by atoms with Gasteiger partial charge in [0.15, 0.2) is 0 Å². The Morgan fingerprint density at radius 3 is 2.00 bits per heavy atom. The van der Waals surface area contributed by atoms with Crippen LogP contribution in [-0.4, -0.2) is 22.5 Å². The molecule has 0 spiro atoms. The van der Waals surface area contributed by atoms with Crippen LogP contribution in [0.15, 0.2) is 105 Å². The largest absolute Gasteiger partial charge is 0.378 e. The maximum absolute atomic E-state index is 13.0. The van der Waals surface area contributed by atoms with Crippen molar-refractivity contribution in [3.8, 4) is 0 Å². The molecule has 0 aliphatic carbocycles. The average Bonchev–Trinajstić information content (AvgIpc) is 2.84. The van der Waals surface area contributed by atoms with Crippen LogP contribution in [0.2, 0.25) is 0 Å². The van der Waals surface area contributed by atoms with Crippen LogP contribution in [0.3, 0.4) is 0 Å². The highest BCUT2D eigenvalue weighted by Gasteiger charge is 2.16. The van der Waals surface area contributed by atoms with Crippen LogP contribution in [-0.2, 0) is 10.0 Å². The topological polar surface area (TPSA) is 123 Å². The van der Waals surface area contributed by atoms with E-state index in [1.165, 1.54) is 12.1 Å². The highest BCUT2D eigenvalue weighted by Crippen LogP contribution is 2.32. The number of nitrogens with zero attached hydrogens (tertiary/aromatic N) is 6. The maximum Gasteiger partial charge on any atom is 0.261 e. The summed E-state index contributed by atoms with van der Waals surface area (Å²) in [6.07, 6.45) is 0. The van der Waals surface area contributed by atoms with Crippen LogP contribution in [0, 0.1) is 0 Å². The SMILES string of the molecule is CN(C)c1ccc(N=Nc2ccc(S(=O)(=O)Nc3cccc4c(N=[N+]=[N-])cccc34)cc2)cc1. The Bertz CT molecular complexity index is 1510. The third-order valence-corrected chi connectivity index (χ3v) is 6.47. The van der Waals surface area contributed by atoms with E-state index in [1.807, 2.05) is 43.3 Å². The standard InChI is InChI=1S/C24H21N7O2S/c1-31(2)19-13-9-17(10-14-19)26-27-18-11-15-20(16-12-18)34(32,33)29-24-8-4-5-21-22(24)6-3-7-23(21)28-30-25/h3-16,29H,1-2H3. The van der Waals surface area contributed by atoms with E-state index < -0.39 is 10.0 Å². The minimum absolute atomic E-state index is 0.0880. The summed E-state index contributed by atoms with van der Waals surface area (Å²) in [4.78, 5) is 4.91. The number of azo groups is 1. The smallest absolute Gasteiger partial charge is 0.261 e. The van der Waals surface area contributed by atoms with Crippen LogP contribution >= 0.6 is 0 Å². The molecule has 4 rings (SSSR count). The number of nitrogens with one attached hydrogen (secondary N) is 1. The van der Waals surface area contributed by atoms with Crippen LogP contribution < -0.4 is 9.62 Å². The highest BCUT2D eigenvalue weighted by molar-refractivity contribution is 7.92. The fourth-order valence-electron chi connectivity index (χ4n) is 3.35. The average molecular weight is 472 g/mol. The van der Waals surface area contributed by atoms with Gasteiger partial charge in [0.1, 0.15) is 0 Å². The molecule has 0 radical (unpaired) electrons. The number of rotatable bonds is 7. The summed E-state index contributed by atoms with van der Waals surface area (Å²) in [5.74, 6) is 0. The van der Waals surface area contributed by atoms with Gasteiger partial charge in [0.25, 0.3) is 10.0 Å². The molecule has 0 aromatic heterocycles. The number of azide groups is 1. The number of hydrogen-bond acceptors (Lipinski definition) is 6. The first kappa shape index (κ1) is 22.8. The second kappa shape index (κ2) is 9.62. The van der Waals surface area contributed by atoms with Gasteiger partial charge in [0.05, 0.1) is 22.0 Å². The molecule has 4 aromatic carbocycles. The number of benzene rings is 4. The summed E-state index contributed by atoms with van der Waals surface area (Å²) >= 11 is 0. The van der Waals surface area contributed by atoms with Crippen LogP contribution in [0.25, 0.3) is 21.2 Å². The van der Waals surface area contributed by atoms with Crippen molar-refractivity contribution in [1.82, 2.24) is 0 Å². The molecule has 0 amide bonds. The molecular formula is C24H21N7O2S. The van der Waals surface area contributed by atoms with E-state index in [0.717, 1.165) is 5.69 Å². The van der Waals surface area contributed by atoms with E-state index in [-0.39, 0.29) is 4.90 Å². The first-order valence-electron chi connectivity index (χ1n) is 10.3. The van der Waals surface area contributed by atoms with E-state index in [2.05, 4.69) is 25.0 Å². The Labute approximate surface area is 197 Å². The zero-order valence-corrected chi connectivity index (χ0v) is 19.3. The van der Waals surface area contributed by atoms with Gasteiger partial charge in [0.2, 0.25) is 0 Å². The molecule has 0 atom stereocenters.